The van der Waals surface area contributed by atoms with E-state index in [0.717, 1.165) is 24.8 Å². The fourth-order valence-corrected chi connectivity index (χ4v) is 2.96. The van der Waals surface area contributed by atoms with Crippen molar-refractivity contribution in [2.75, 3.05) is 0 Å². The van der Waals surface area contributed by atoms with Gasteiger partial charge in [0.15, 0.2) is 0 Å². The summed E-state index contributed by atoms with van der Waals surface area (Å²) in [6, 6.07) is 14.0. The van der Waals surface area contributed by atoms with Crippen LogP contribution in [-0.4, -0.2) is 10.8 Å². The number of benzene rings is 2. The van der Waals surface area contributed by atoms with E-state index >= 15 is 0 Å². The van der Waals surface area contributed by atoms with Gasteiger partial charge in [-0.1, -0.05) is 36.4 Å². The Morgan fingerprint density at radius 1 is 1.14 bits per heavy atom. The molecule has 3 rings (SSSR count). The number of nitrogens with one attached hydrogen (secondary N) is 1. The third-order valence-electron chi connectivity index (χ3n) is 4.02. The number of nitro groups is 1. The van der Waals surface area contributed by atoms with Gasteiger partial charge < -0.3 is 5.32 Å². The normalized spacial score (nSPS) is 16.6. The van der Waals surface area contributed by atoms with Gasteiger partial charge in [-0.15, -0.1) is 0 Å². The molecule has 0 heterocycles. The molecular formula is C17H16N2O3. The second-order valence-electron chi connectivity index (χ2n) is 5.39. The molecule has 5 nitrogen and oxygen atoms in total. The molecule has 112 valence electrons. The minimum Gasteiger partial charge on any atom is -0.345 e. The maximum atomic E-state index is 12.4. The molecule has 2 aromatic carbocycles. The molecular weight excluding hydrogens is 280 g/mol. The molecule has 0 aromatic heterocycles. The van der Waals surface area contributed by atoms with Crippen molar-refractivity contribution >= 4 is 11.6 Å². The molecule has 5 heteroatoms. The lowest BCUT2D eigenvalue weighted by atomic mass is 9.87. The summed E-state index contributed by atoms with van der Waals surface area (Å²) in [5.41, 5.74) is 2.29. The maximum absolute atomic E-state index is 12.4. The Morgan fingerprint density at radius 3 is 2.68 bits per heavy atom. The number of nitro benzene ring substituents is 1. The Kier molecular flexibility index (Phi) is 3.87. The third-order valence-corrected chi connectivity index (χ3v) is 4.02. The van der Waals surface area contributed by atoms with E-state index in [9.17, 15) is 14.9 Å². The highest BCUT2D eigenvalue weighted by atomic mass is 16.6. The first kappa shape index (κ1) is 14.3. The van der Waals surface area contributed by atoms with Crippen molar-refractivity contribution in [2.24, 2.45) is 0 Å². The van der Waals surface area contributed by atoms with E-state index in [0.29, 0.717) is 0 Å². The van der Waals surface area contributed by atoms with Crippen LogP contribution >= 0.6 is 0 Å². The van der Waals surface area contributed by atoms with Gasteiger partial charge in [-0.2, -0.15) is 0 Å². The van der Waals surface area contributed by atoms with Crippen LogP contribution in [0.15, 0.2) is 48.5 Å². The number of nitrogens with zero attached hydrogens (tertiary/aromatic N) is 1. The van der Waals surface area contributed by atoms with Gasteiger partial charge in [0.2, 0.25) is 0 Å². The number of hydrogen-bond acceptors (Lipinski definition) is 3. The zero-order valence-corrected chi connectivity index (χ0v) is 12.0. The SMILES string of the molecule is O=C(NC1CCCc2ccccc21)c1ccccc1[N+](=O)[O-]. The first-order chi connectivity index (χ1) is 10.7. The average molecular weight is 296 g/mol. The topological polar surface area (TPSA) is 72.2 Å². The van der Waals surface area contributed by atoms with Crippen molar-refractivity contribution in [3.8, 4) is 0 Å². The van der Waals surface area contributed by atoms with Gasteiger partial charge in [-0.25, -0.2) is 0 Å². The second kappa shape index (κ2) is 5.97. The predicted octanol–water partition coefficient (Wildman–Crippen LogP) is 3.40. The lowest BCUT2D eigenvalue weighted by molar-refractivity contribution is -0.385. The van der Waals surface area contributed by atoms with Crippen molar-refractivity contribution in [3.63, 3.8) is 0 Å². The quantitative estimate of drug-likeness (QED) is 0.697. The third kappa shape index (κ3) is 2.70. The molecule has 0 radical (unpaired) electrons. The minimum absolute atomic E-state index is 0.0859. The van der Waals surface area contributed by atoms with E-state index in [1.165, 1.54) is 17.7 Å². The van der Waals surface area contributed by atoms with Gasteiger partial charge in [0, 0.05) is 6.07 Å². The van der Waals surface area contributed by atoms with E-state index < -0.39 is 10.8 Å². The molecule has 0 saturated carbocycles. The van der Waals surface area contributed by atoms with Crippen molar-refractivity contribution in [3.05, 3.63) is 75.3 Å². The van der Waals surface area contributed by atoms with Crippen LogP contribution in [0.5, 0.6) is 0 Å². The van der Waals surface area contributed by atoms with Crippen LogP contribution < -0.4 is 5.32 Å². The van der Waals surface area contributed by atoms with Gasteiger partial charge in [0.1, 0.15) is 5.56 Å². The molecule has 1 aliphatic rings. The van der Waals surface area contributed by atoms with Crippen LogP contribution in [0.1, 0.15) is 40.4 Å². The highest BCUT2D eigenvalue weighted by Gasteiger charge is 2.25. The Morgan fingerprint density at radius 2 is 1.86 bits per heavy atom. The van der Waals surface area contributed by atoms with Crippen LogP contribution in [0.4, 0.5) is 5.69 Å². The van der Waals surface area contributed by atoms with Crippen LogP contribution in [0.2, 0.25) is 0 Å². The number of carbonyl (C=O) groups is 1. The molecule has 1 amide bonds. The Labute approximate surface area is 128 Å². The van der Waals surface area contributed by atoms with Gasteiger partial charge in [0.25, 0.3) is 11.6 Å². The smallest absolute Gasteiger partial charge is 0.282 e. The Bertz CT molecular complexity index is 727. The van der Waals surface area contributed by atoms with Crippen molar-refractivity contribution in [2.45, 2.75) is 25.3 Å². The van der Waals surface area contributed by atoms with Crippen LogP contribution in [0, 0.1) is 10.1 Å². The van der Waals surface area contributed by atoms with Gasteiger partial charge in [-0.3, -0.25) is 14.9 Å². The molecule has 0 bridgehead atoms. The van der Waals surface area contributed by atoms with E-state index in [1.807, 2.05) is 18.2 Å². The first-order valence-corrected chi connectivity index (χ1v) is 7.29. The number of carbonyl (C=O) groups excluding carboxylic acids is 1. The standard InChI is InChI=1S/C17H16N2O3/c20-17(14-9-3-4-11-16(14)19(21)22)18-15-10-5-7-12-6-1-2-8-13(12)15/h1-4,6,8-9,11,15H,5,7,10H2,(H,18,20). The largest absolute Gasteiger partial charge is 0.345 e. The van der Waals surface area contributed by atoms with Crippen molar-refractivity contribution < 1.29 is 9.72 Å². The van der Waals surface area contributed by atoms with Gasteiger partial charge >= 0.3 is 0 Å². The van der Waals surface area contributed by atoms with Gasteiger partial charge in [-0.05, 0) is 36.5 Å². The van der Waals surface area contributed by atoms with E-state index in [-0.39, 0.29) is 17.3 Å². The molecule has 1 atom stereocenters. The molecule has 0 saturated heterocycles. The second-order valence-corrected chi connectivity index (χ2v) is 5.39. The summed E-state index contributed by atoms with van der Waals surface area (Å²) in [5, 5.41) is 14.0. The monoisotopic (exact) mass is 296 g/mol. The zero-order valence-electron chi connectivity index (χ0n) is 12.0. The summed E-state index contributed by atoms with van der Waals surface area (Å²) in [6.07, 6.45) is 2.86. The molecule has 0 aliphatic heterocycles. The molecule has 2 aromatic rings. The highest BCUT2D eigenvalue weighted by Crippen LogP contribution is 2.30. The Balaban J connectivity index is 1.86. The highest BCUT2D eigenvalue weighted by molar-refractivity contribution is 5.98. The first-order valence-electron chi connectivity index (χ1n) is 7.29. The minimum atomic E-state index is -0.524. The number of amides is 1. The van der Waals surface area contributed by atoms with E-state index in [2.05, 4.69) is 11.4 Å². The molecule has 1 unspecified atom stereocenters. The van der Waals surface area contributed by atoms with Crippen LogP contribution in [-0.2, 0) is 6.42 Å². The predicted molar refractivity (Wildman–Crippen MR) is 82.7 cm³/mol. The van der Waals surface area contributed by atoms with Crippen molar-refractivity contribution in [1.29, 1.82) is 0 Å². The lowest BCUT2D eigenvalue weighted by Gasteiger charge is -2.26. The summed E-state index contributed by atoms with van der Waals surface area (Å²) >= 11 is 0. The maximum Gasteiger partial charge on any atom is 0.282 e. The van der Waals surface area contributed by atoms with Crippen molar-refractivity contribution in [1.82, 2.24) is 5.32 Å². The molecule has 22 heavy (non-hydrogen) atoms. The summed E-state index contributed by atoms with van der Waals surface area (Å²) in [6.45, 7) is 0. The summed E-state index contributed by atoms with van der Waals surface area (Å²) < 4.78 is 0. The molecule has 0 spiro atoms. The molecule has 1 N–H and O–H groups in total. The van der Waals surface area contributed by atoms with E-state index in [1.54, 1.807) is 12.1 Å². The average Bonchev–Trinajstić information content (AvgIpc) is 2.55. The lowest BCUT2D eigenvalue weighted by Crippen LogP contribution is -2.31. The fourth-order valence-electron chi connectivity index (χ4n) is 2.96. The van der Waals surface area contributed by atoms with Crippen LogP contribution in [0.3, 0.4) is 0 Å². The fraction of sp³-hybridized carbons (Fsp3) is 0.235. The number of hydrogen-bond donors (Lipinski definition) is 1. The number of aryl methyl sites for hydroxylation is 1. The molecule has 0 fully saturated rings. The van der Waals surface area contributed by atoms with Crippen LogP contribution in [0.25, 0.3) is 0 Å². The number of para-hydroxylation sites is 1. The number of rotatable bonds is 3. The van der Waals surface area contributed by atoms with E-state index in [4.69, 9.17) is 0 Å². The number of fused-ring (bicyclic) bond motifs is 1. The van der Waals surface area contributed by atoms with Gasteiger partial charge in [0.05, 0.1) is 11.0 Å². The summed E-state index contributed by atoms with van der Waals surface area (Å²) in [4.78, 5) is 23.0. The summed E-state index contributed by atoms with van der Waals surface area (Å²) in [7, 11) is 0. The zero-order chi connectivity index (χ0) is 15.5. The summed E-state index contributed by atoms with van der Waals surface area (Å²) in [5.74, 6) is -0.394. The Hall–Kier alpha value is -2.69. The molecule has 1 aliphatic carbocycles.